The summed E-state index contributed by atoms with van der Waals surface area (Å²) in [5, 5.41) is 4.23. The van der Waals surface area contributed by atoms with E-state index in [1.807, 2.05) is 36.0 Å². The minimum atomic E-state index is 0.0492. The number of anilines is 1. The third-order valence-electron chi connectivity index (χ3n) is 3.50. The molecule has 2 rings (SSSR count). The molecule has 0 aliphatic carbocycles. The molecule has 1 aromatic rings. The van der Waals surface area contributed by atoms with Gasteiger partial charge in [0.25, 0.3) is 5.91 Å². The van der Waals surface area contributed by atoms with E-state index in [0.29, 0.717) is 11.3 Å². The van der Waals surface area contributed by atoms with Crippen LogP contribution in [-0.4, -0.2) is 41.9 Å². The smallest absolute Gasteiger partial charge is 0.253 e. The fourth-order valence-corrected chi connectivity index (χ4v) is 3.44. The Morgan fingerprint density at radius 3 is 2.58 bits per heavy atom. The predicted octanol–water partition coefficient (Wildman–Crippen LogP) is 3.08. The quantitative estimate of drug-likeness (QED) is 0.922. The molecule has 2 atom stereocenters. The van der Waals surface area contributed by atoms with E-state index in [-0.39, 0.29) is 5.91 Å². The molecule has 1 heterocycles. The first-order valence-corrected chi connectivity index (χ1v) is 7.82. The molecule has 1 aromatic carbocycles. The second kappa shape index (κ2) is 6.33. The monoisotopic (exact) mass is 278 g/mol. The SMILES string of the molecule is CC1SCCCC1Nc1ccc(C(=O)N(C)C)cc1. The van der Waals surface area contributed by atoms with Crippen LogP contribution in [-0.2, 0) is 0 Å². The normalized spacial score (nSPS) is 22.9. The third kappa shape index (κ3) is 3.66. The number of carbonyl (C=O) groups excluding carboxylic acids is 1. The van der Waals surface area contributed by atoms with E-state index >= 15 is 0 Å². The van der Waals surface area contributed by atoms with Gasteiger partial charge in [-0.25, -0.2) is 0 Å². The maximum Gasteiger partial charge on any atom is 0.253 e. The third-order valence-corrected chi connectivity index (χ3v) is 4.88. The Morgan fingerprint density at radius 2 is 2.00 bits per heavy atom. The standard InChI is InChI=1S/C15H22N2OS/c1-11-14(5-4-10-19-11)16-13-8-6-12(7-9-13)15(18)17(2)3/h6-9,11,14,16H,4-5,10H2,1-3H3. The van der Waals surface area contributed by atoms with E-state index in [1.54, 1.807) is 19.0 Å². The topological polar surface area (TPSA) is 32.3 Å². The molecule has 19 heavy (non-hydrogen) atoms. The van der Waals surface area contributed by atoms with Crippen molar-refractivity contribution in [2.24, 2.45) is 0 Å². The largest absolute Gasteiger partial charge is 0.381 e. The van der Waals surface area contributed by atoms with Crippen LogP contribution < -0.4 is 5.32 Å². The molecule has 1 saturated heterocycles. The molecular formula is C15H22N2OS. The summed E-state index contributed by atoms with van der Waals surface area (Å²) in [6.45, 7) is 2.28. The van der Waals surface area contributed by atoms with Gasteiger partial charge in [0, 0.05) is 36.6 Å². The molecule has 4 heteroatoms. The molecule has 1 N–H and O–H groups in total. The number of hydrogen-bond acceptors (Lipinski definition) is 3. The van der Waals surface area contributed by atoms with Crippen molar-refractivity contribution in [3.8, 4) is 0 Å². The number of rotatable bonds is 3. The maximum atomic E-state index is 11.8. The van der Waals surface area contributed by atoms with Crippen LogP contribution in [0.15, 0.2) is 24.3 Å². The van der Waals surface area contributed by atoms with Gasteiger partial charge in [0.15, 0.2) is 0 Å². The van der Waals surface area contributed by atoms with E-state index < -0.39 is 0 Å². The molecule has 3 nitrogen and oxygen atoms in total. The van der Waals surface area contributed by atoms with Crippen molar-refractivity contribution in [1.82, 2.24) is 4.90 Å². The summed E-state index contributed by atoms with van der Waals surface area (Å²) < 4.78 is 0. The number of thioether (sulfide) groups is 1. The van der Waals surface area contributed by atoms with Gasteiger partial charge in [0.2, 0.25) is 0 Å². The molecule has 0 aromatic heterocycles. The lowest BCUT2D eigenvalue weighted by atomic mass is 10.1. The number of hydrogen-bond donors (Lipinski definition) is 1. The van der Waals surface area contributed by atoms with Crippen LogP contribution >= 0.6 is 11.8 Å². The van der Waals surface area contributed by atoms with Gasteiger partial charge in [-0.1, -0.05) is 6.92 Å². The molecule has 1 fully saturated rings. The molecule has 104 valence electrons. The first-order chi connectivity index (χ1) is 9.08. The molecule has 1 aliphatic heterocycles. The molecule has 0 spiro atoms. The van der Waals surface area contributed by atoms with Crippen LogP contribution in [0.2, 0.25) is 0 Å². The Labute approximate surface area is 119 Å². The van der Waals surface area contributed by atoms with Crippen LogP contribution in [0.4, 0.5) is 5.69 Å². The molecule has 0 saturated carbocycles. The molecule has 0 bridgehead atoms. The van der Waals surface area contributed by atoms with Crippen molar-refractivity contribution in [1.29, 1.82) is 0 Å². The zero-order valence-electron chi connectivity index (χ0n) is 11.8. The van der Waals surface area contributed by atoms with E-state index in [2.05, 4.69) is 12.2 Å². The van der Waals surface area contributed by atoms with Crippen LogP contribution in [0.25, 0.3) is 0 Å². The maximum absolute atomic E-state index is 11.8. The Kier molecular flexibility index (Phi) is 4.75. The zero-order chi connectivity index (χ0) is 13.8. The van der Waals surface area contributed by atoms with Gasteiger partial charge in [-0.3, -0.25) is 4.79 Å². The number of benzene rings is 1. The van der Waals surface area contributed by atoms with Gasteiger partial charge >= 0.3 is 0 Å². The molecule has 2 unspecified atom stereocenters. The average molecular weight is 278 g/mol. The summed E-state index contributed by atoms with van der Waals surface area (Å²) in [5.41, 5.74) is 1.84. The van der Waals surface area contributed by atoms with Crippen LogP contribution in [0, 0.1) is 0 Å². The highest BCUT2D eigenvalue weighted by molar-refractivity contribution is 8.00. The number of carbonyl (C=O) groups is 1. The number of nitrogens with zero attached hydrogens (tertiary/aromatic N) is 1. The average Bonchev–Trinajstić information content (AvgIpc) is 2.41. The van der Waals surface area contributed by atoms with Crippen molar-refractivity contribution < 1.29 is 4.79 Å². The predicted molar refractivity (Wildman–Crippen MR) is 83.0 cm³/mol. The lowest BCUT2D eigenvalue weighted by Crippen LogP contribution is -2.32. The molecule has 0 radical (unpaired) electrons. The minimum Gasteiger partial charge on any atom is -0.381 e. The van der Waals surface area contributed by atoms with Gasteiger partial charge in [-0.15, -0.1) is 0 Å². The van der Waals surface area contributed by atoms with Gasteiger partial charge in [0.1, 0.15) is 0 Å². The summed E-state index contributed by atoms with van der Waals surface area (Å²) in [4.78, 5) is 13.4. The molecule has 1 aliphatic rings. The van der Waals surface area contributed by atoms with Crippen molar-refractivity contribution in [2.75, 3.05) is 25.2 Å². The highest BCUT2D eigenvalue weighted by Crippen LogP contribution is 2.27. The summed E-state index contributed by atoms with van der Waals surface area (Å²) in [6.07, 6.45) is 2.51. The Balaban J connectivity index is 2.00. The Bertz CT molecular complexity index is 430. The summed E-state index contributed by atoms with van der Waals surface area (Å²) in [7, 11) is 3.55. The van der Waals surface area contributed by atoms with E-state index in [4.69, 9.17) is 0 Å². The number of nitrogens with one attached hydrogen (secondary N) is 1. The van der Waals surface area contributed by atoms with Gasteiger partial charge in [-0.05, 0) is 42.9 Å². The lowest BCUT2D eigenvalue weighted by molar-refractivity contribution is 0.0827. The van der Waals surface area contributed by atoms with Gasteiger partial charge in [0.05, 0.1) is 0 Å². The van der Waals surface area contributed by atoms with Crippen LogP contribution in [0.1, 0.15) is 30.1 Å². The van der Waals surface area contributed by atoms with Crippen molar-refractivity contribution in [3.63, 3.8) is 0 Å². The van der Waals surface area contributed by atoms with Crippen LogP contribution in [0.5, 0.6) is 0 Å². The van der Waals surface area contributed by atoms with Gasteiger partial charge < -0.3 is 10.2 Å². The number of amides is 1. The molecule has 1 amide bonds. The first kappa shape index (κ1) is 14.3. The zero-order valence-corrected chi connectivity index (χ0v) is 12.7. The fraction of sp³-hybridized carbons (Fsp3) is 0.533. The van der Waals surface area contributed by atoms with Crippen molar-refractivity contribution >= 4 is 23.4 Å². The fourth-order valence-electron chi connectivity index (χ4n) is 2.29. The second-order valence-corrected chi connectivity index (χ2v) is 6.73. The van der Waals surface area contributed by atoms with E-state index in [1.165, 1.54) is 18.6 Å². The van der Waals surface area contributed by atoms with E-state index in [0.717, 1.165) is 11.3 Å². The van der Waals surface area contributed by atoms with Crippen molar-refractivity contribution in [3.05, 3.63) is 29.8 Å². The van der Waals surface area contributed by atoms with Crippen molar-refractivity contribution in [2.45, 2.75) is 31.1 Å². The highest BCUT2D eigenvalue weighted by atomic mass is 32.2. The summed E-state index contributed by atoms with van der Waals surface area (Å²) in [6, 6.07) is 8.33. The summed E-state index contributed by atoms with van der Waals surface area (Å²) >= 11 is 2.03. The minimum absolute atomic E-state index is 0.0492. The Morgan fingerprint density at radius 1 is 1.32 bits per heavy atom. The lowest BCUT2D eigenvalue weighted by Gasteiger charge is -2.30. The first-order valence-electron chi connectivity index (χ1n) is 6.78. The summed E-state index contributed by atoms with van der Waals surface area (Å²) in [5.74, 6) is 1.32. The van der Waals surface area contributed by atoms with E-state index in [9.17, 15) is 4.79 Å². The van der Waals surface area contributed by atoms with Crippen LogP contribution in [0.3, 0.4) is 0 Å². The Hall–Kier alpha value is -1.16. The second-order valence-electron chi connectivity index (χ2n) is 5.25. The highest BCUT2D eigenvalue weighted by Gasteiger charge is 2.21. The molecular weight excluding hydrogens is 256 g/mol. The van der Waals surface area contributed by atoms with Gasteiger partial charge in [-0.2, -0.15) is 11.8 Å².